The van der Waals surface area contributed by atoms with Gasteiger partial charge in [-0.25, -0.2) is 4.39 Å². The van der Waals surface area contributed by atoms with Gasteiger partial charge in [0.15, 0.2) is 5.78 Å². The molecule has 0 bridgehead atoms. The van der Waals surface area contributed by atoms with Crippen LogP contribution in [-0.2, 0) is 0 Å². The van der Waals surface area contributed by atoms with Gasteiger partial charge in [0, 0.05) is 5.56 Å². The van der Waals surface area contributed by atoms with E-state index < -0.39 is 5.82 Å². The van der Waals surface area contributed by atoms with Crippen LogP contribution in [0.5, 0.6) is 5.75 Å². The molecule has 0 aliphatic carbocycles. The van der Waals surface area contributed by atoms with Crippen molar-refractivity contribution in [3.05, 3.63) is 65.5 Å². The van der Waals surface area contributed by atoms with Gasteiger partial charge >= 0.3 is 0 Å². The van der Waals surface area contributed by atoms with Gasteiger partial charge in [0.05, 0.1) is 12.2 Å². The number of rotatable bonds is 8. The smallest absolute Gasteiger partial charge is 0.195 e. The highest BCUT2D eigenvalue weighted by Crippen LogP contribution is 2.17. The van der Waals surface area contributed by atoms with Crippen molar-refractivity contribution >= 4 is 5.78 Å². The van der Waals surface area contributed by atoms with Crippen molar-refractivity contribution in [2.45, 2.75) is 32.6 Å². The summed E-state index contributed by atoms with van der Waals surface area (Å²) in [5.74, 6) is -0.0714. The van der Waals surface area contributed by atoms with Gasteiger partial charge in [-0.05, 0) is 42.8 Å². The molecule has 0 heterocycles. The van der Waals surface area contributed by atoms with Crippen LogP contribution in [0.25, 0.3) is 0 Å². The molecule has 2 aromatic rings. The predicted molar refractivity (Wildman–Crippen MR) is 85.9 cm³/mol. The maximum atomic E-state index is 13.6. The summed E-state index contributed by atoms with van der Waals surface area (Å²) >= 11 is 0. The molecule has 0 saturated carbocycles. The van der Waals surface area contributed by atoms with Gasteiger partial charge < -0.3 is 4.74 Å². The molecule has 0 N–H and O–H groups in total. The first kappa shape index (κ1) is 16.2. The Morgan fingerprint density at radius 3 is 2.41 bits per heavy atom. The monoisotopic (exact) mass is 300 g/mol. The number of hydrogen-bond donors (Lipinski definition) is 0. The fraction of sp³-hybridized carbons (Fsp3) is 0.316. The molecule has 22 heavy (non-hydrogen) atoms. The molecule has 0 fully saturated rings. The van der Waals surface area contributed by atoms with Crippen LogP contribution in [0.2, 0.25) is 0 Å². The highest BCUT2D eigenvalue weighted by Gasteiger charge is 2.13. The summed E-state index contributed by atoms with van der Waals surface area (Å²) in [6.07, 6.45) is 4.62. The number of halogens is 1. The van der Waals surface area contributed by atoms with Crippen molar-refractivity contribution in [2.24, 2.45) is 0 Å². The number of unbranched alkanes of at least 4 members (excludes halogenated alkanes) is 3. The second kappa shape index (κ2) is 8.32. The van der Waals surface area contributed by atoms with E-state index in [0.717, 1.165) is 12.2 Å². The average Bonchev–Trinajstić information content (AvgIpc) is 2.55. The van der Waals surface area contributed by atoms with Gasteiger partial charge in [-0.2, -0.15) is 0 Å². The van der Waals surface area contributed by atoms with Crippen molar-refractivity contribution in [2.75, 3.05) is 6.61 Å². The lowest BCUT2D eigenvalue weighted by Crippen LogP contribution is -2.04. The third kappa shape index (κ3) is 4.42. The zero-order valence-corrected chi connectivity index (χ0v) is 12.8. The molecule has 0 atom stereocenters. The predicted octanol–water partition coefficient (Wildman–Crippen LogP) is 5.02. The zero-order valence-electron chi connectivity index (χ0n) is 12.8. The van der Waals surface area contributed by atoms with Crippen LogP contribution < -0.4 is 4.74 Å². The number of carbonyl (C=O) groups is 1. The minimum absolute atomic E-state index is 0.0933. The normalized spacial score (nSPS) is 10.5. The highest BCUT2D eigenvalue weighted by atomic mass is 19.1. The molecule has 3 heteroatoms. The van der Waals surface area contributed by atoms with Gasteiger partial charge in [-0.3, -0.25) is 4.79 Å². The number of benzene rings is 2. The Balaban J connectivity index is 1.94. The van der Waals surface area contributed by atoms with Crippen molar-refractivity contribution in [3.8, 4) is 5.75 Å². The molecule has 0 spiro atoms. The van der Waals surface area contributed by atoms with E-state index in [1.54, 1.807) is 36.4 Å². The second-order valence-corrected chi connectivity index (χ2v) is 5.24. The minimum Gasteiger partial charge on any atom is -0.494 e. The molecule has 0 radical (unpaired) electrons. The fourth-order valence-corrected chi connectivity index (χ4v) is 2.22. The molecular formula is C19H21FO2. The summed E-state index contributed by atoms with van der Waals surface area (Å²) in [5, 5.41) is 0. The molecule has 2 nitrogen and oxygen atoms in total. The summed E-state index contributed by atoms with van der Waals surface area (Å²) in [7, 11) is 0. The van der Waals surface area contributed by atoms with Crippen LogP contribution in [0, 0.1) is 5.82 Å². The van der Waals surface area contributed by atoms with Crippen molar-refractivity contribution in [1.29, 1.82) is 0 Å². The molecule has 2 aromatic carbocycles. The third-order valence-corrected chi connectivity index (χ3v) is 3.50. The molecule has 0 aliphatic rings. The molecule has 0 unspecified atom stereocenters. The first-order valence-electron chi connectivity index (χ1n) is 7.74. The van der Waals surface area contributed by atoms with Crippen LogP contribution in [0.4, 0.5) is 4.39 Å². The summed E-state index contributed by atoms with van der Waals surface area (Å²) in [6.45, 7) is 2.85. The van der Waals surface area contributed by atoms with E-state index in [-0.39, 0.29) is 11.3 Å². The van der Waals surface area contributed by atoms with Crippen LogP contribution in [-0.4, -0.2) is 12.4 Å². The highest BCUT2D eigenvalue weighted by molar-refractivity contribution is 6.09. The van der Waals surface area contributed by atoms with Gasteiger partial charge in [0.2, 0.25) is 0 Å². The topological polar surface area (TPSA) is 26.3 Å². The van der Waals surface area contributed by atoms with Crippen LogP contribution in [0.3, 0.4) is 0 Å². The van der Waals surface area contributed by atoms with E-state index in [1.165, 1.54) is 31.4 Å². The summed E-state index contributed by atoms with van der Waals surface area (Å²) < 4.78 is 19.3. The summed E-state index contributed by atoms with van der Waals surface area (Å²) in [6, 6.07) is 12.9. The fourth-order valence-electron chi connectivity index (χ4n) is 2.22. The van der Waals surface area contributed by atoms with E-state index >= 15 is 0 Å². The van der Waals surface area contributed by atoms with Gasteiger partial charge in [-0.15, -0.1) is 0 Å². The van der Waals surface area contributed by atoms with Crippen molar-refractivity contribution in [1.82, 2.24) is 0 Å². The number of hydrogen-bond acceptors (Lipinski definition) is 2. The zero-order chi connectivity index (χ0) is 15.8. The van der Waals surface area contributed by atoms with Gasteiger partial charge in [0.1, 0.15) is 11.6 Å². The van der Waals surface area contributed by atoms with E-state index in [4.69, 9.17) is 4.74 Å². The Morgan fingerprint density at radius 1 is 1.00 bits per heavy atom. The minimum atomic E-state index is -0.497. The quantitative estimate of drug-likeness (QED) is 0.505. The Hall–Kier alpha value is -2.16. The van der Waals surface area contributed by atoms with Crippen molar-refractivity contribution < 1.29 is 13.9 Å². The van der Waals surface area contributed by atoms with Crippen molar-refractivity contribution in [3.63, 3.8) is 0 Å². The Morgan fingerprint density at radius 2 is 1.73 bits per heavy atom. The maximum Gasteiger partial charge on any atom is 0.195 e. The van der Waals surface area contributed by atoms with E-state index in [1.807, 2.05) is 0 Å². The van der Waals surface area contributed by atoms with Crippen LogP contribution >= 0.6 is 0 Å². The van der Waals surface area contributed by atoms with Gasteiger partial charge in [-0.1, -0.05) is 38.3 Å². The Kier molecular flexibility index (Phi) is 6.13. The molecule has 2 rings (SSSR count). The van der Waals surface area contributed by atoms with E-state index in [9.17, 15) is 9.18 Å². The van der Waals surface area contributed by atoms with Gasteiger partial charge in [0.25, 0.3) is 0 Å². The number of ether oxygens (including phenoxy) is 1. The van der Waals surface area contributed by atoms with Crippen LogP contribution in [0.1, 0.15) is 48.5 Å². The molecule has 0 saturated heterocycles. The van der Waals surface area contributed by atoms with E-state index in [0.29, 0.717) is 12.2 Å². The molecule has 116 valence electrons. The summed E-state index contributed by atoms with van der Waals surface area (Å²) in [4.78, 5) is 12.2. The lowest BCUT2D eigenvalue weighted by molar-refractivity contribution is 0.103. The largest absolute Gasteiger partial charge is 0.494 e. The third-order valence-electron chi connectivity index (χ3n) is 3.50. The molecule has 0 aliphatic heterocycles. The van der Waals surface area contributed by atoms with Crippen LogP contribution in [0.15, 0.2) is 48.5 Å². The second-order valence-electron chi connectivity index (χ2n) is 5.24. The average molecular weight is 300 g/mol. The Labute approximate surface area is 130 Å². The molecule has 0 amide bonds. The lowest BCUT2D eigenvalue weighted by Gasteiger charge is -2.07. The lowest BCUT2D eigenvalue weighted by atomic mass is 10.0. The maximum absolute atomic E-state index is 13.6. The first-order chi connectivity index (χ1) is 10.7. The standard InChI is InChI=1S/C19H21FO2/c1-2-3-4-7-14-22-16-12-10-15(11-13-16)19(21)17-8-5-6-9-18(17)20/h5-6,8-13H,2-4,7,14H2,1H3. The number of ketones is 1. The SMILES string of the molecule is CCCCCCOc1ccc(C(=O)c2ccccc2F)cc1. The summed E-state index contributed by atoms with van der Waals surface area (Å²) in [5.41, 5.74) is 0.555. The molecular weight excluding hydrogens is 279 g/mol. The molecule has 0 aromatic heterocycles. The van der Waals surface area contributed by atoms with E-state index in [2.05, 4.69) is 6.92 Å². The Bertz CT molecular complexity index is 605. The number of carbonyl (C=O) groups excluding carboxylic acids is 1. The first-order valence-corrected chi connectivity index (χ1v) is 7.74.